The topological polar surface area (TPSA) is 62.3 Å². The third kappa shape index (κ3) is 2.71. The molecule has 3 rings (SSSR count). The van der Waals surface area contributed by atoms with Crippen LogP contribution in [0.2, 0.25) is 5.02 Å². The minimum Gasteiger partial charge on any atom is -0.440 e. The summed E-state index contributed by atoms with van der Waals surface area (Å²) in [4.78, 5) is 1.98. The highest BCUT2D eigenvalue weighted by atomic mass is 35.5. The number of hydrogen-bond acceptors (Lipinski definition) is 4. The van der Waals surface area contributed by atoms with E-state index in [1.807, 2.05) is 55.4 Å². The zero-order chi connectivity index (χ0) is 16.6. The molecule has 23 heavy (non-hydrogen) atoms. The van der Waals surface area contributed by atoms with Crippen molar-refractivity contribution in [2.75, 3.05) is 19.0 Å². The Morgan fingerprint density at radius 2 is 2.00 bits per heavy atom. The molecule has 1 atom stereocenters. The van der Waals surface area contributed by atoms with Gasteiger partial charge in [0, 0.05) is 36.4 Å². The number of allylic oxidation sites excluding steroid dienone is 1. The summed E-state index contributed by atoms with van der Waals surface area (Å²) in [6.45, 7) is 0. The molecular formula is C18H16ClN3O. The fourth-order valence-electron chi connectivity index (χ4n) is 2.75. The summed E-state index contributed by atoms with van der Waals surface area (Å²) in [5, 5.41) is 10.1. The molecule has 1 aliphatic heterocycles. The molecule has 116 valence electrons. The van der Waals surface area contributed by atoms with Gasteiger partial charge in [-0.3, -0.25) is 0 Å². The Hall–Kier alpha value is -2.64. The van der Waals surface area contributed by atoms with Crippen LogP contribution in [-0.2, 0) is 0 Å². The first-order valence-corrected chi connectivity index (χ1v) is 7.53. The molecule has 5 heteroatoms. The highest BCUT2D eigenvalue weighted by molar-refractivity contribution is 6.30. The first-order valence-electron chi connectivity index (χ1n) is 7.15. The molecule has 0 aromatic heterocycles. The maximum absolute atomic E-state index is 9.52. The predicted octanol–water partition coefficient (Wildman–Crippen LogP) is 3.62. The van der Waals surface area contributed by atoms with Gasteiger partial charge in [-0.15, -0.1) is 0 Å². The lowest BCUT2D eigenvalue weighted by molar-refractivity contribution is 0.394. The minimum absolute atomic E-state index is 0.140. The van der Waals surface area contributed by atoms with Gasteiger partial charge in [0.15, 0.2) is 0 Å². The molecule has 0 bridgehead atoms. The summed E-state index contributed by atoms with van der Waals surface area (Å²) in [5.41, 5.74) is 9.21. The molecule has 0 amide bonds. The molecule has 4 nitrogen and oxygen atoms in total. The van der Waals surface area contributed by atoms with Gasteiger partial charge < -0.3 is 15.4 Å². The molecular weight excluding hydrogens is 310 g/mol. The quantitative estimate of drug-likeness (QED) is 0.916. The van der Waals surface area contributed by atoms with Crippen molar-refractivity contribution < 1.29 is 4.74 Å². The summed E-state index contributed by atoms with van der Waals surface area (Å²) < 4.78 is 5.68. The van der Waals surface area contributed by atoms with Gasteiger partial charge in [-0.05, 0) is 23.8 Å². The second-order valence-corrected chi connectivity index (χ2v) is 6.03. The normalized spacial score (nSPS) is 16.3. The zero-order valence-corrected chi connectivity index (χ0v) is 13.6. The van der Waals surface area contributed by atoms with Gasteiger partial charge in [0.25, 0.3) is 0 Å². The highest BCUT2D eigenvalue weighted by Crippen LogP contribution is 2.43. The van der Waals surface area contributed by atoms with E-state index < -0.39 is 0 Å². The van der Waals surface area contributed by atoms with Crippen molar-refractivity contribution in [3.63, 3.8) is 0 Å². The summed E-state index contributed by atoms with van der Waals surface area (Å²) in [6.07, 6.45) is 0. The Morgan fingerprint density at radius 3 is 2.65 bits per heavy atom. The molecule has 1 heterocycles. The second-order valence-electron chi connectivity index (χ2n) is 5.60. The van der Waals surface area contributed by atoms with E-state index in [-0.39, 0.29) is 11.8 Å². The van der Waals surface area contributed by atoms with E-state index in [1.165, 1.54) is 0 Å². The summed E-state index contributed by atoms with van der Waals surface area (Å²) in [5.74, 6) is 0.525. The van der Waals surface area contributed by atoms with Gasteiger partial charge in [-0.2, -0.15) is 5.26 Å². The maximum Gasteiger partial charge on any atom is 0.205 e. The van der Waals surface area contributed by atoms with Crippen LogP contribution in [0.4, 0.5) is 5.69 Å². The van der Waals surface area contributed by atoms with E-state index in [2.05, 4.69) is 6.07 Å². The third-order valence-electron chi connectivity index (χ3n) is 3.90. The molecule has 0 aliphatic carbocycles. The molecule has 2 aromatic carbocycles. The minimum atomic E-state index is -0.279. The number of rotatable bonds is 2. The molecule has 0 fully saturated rings. The number of nitrogens with zero attached hydrogens (tertiary/aromatic N) is 2. The fraction of sp³-hybridized carbons (Fsp3) is 0.167. The highest BCUT2D eigenvalue weighted by Gasteiger charge is 2.30. The number of ether oxygens (including phenoxy) is 1. The number of benzene rings is 2. The first kappa shape index (κ1) is 15.3. The smallest absolute Gasteiger partial charge is 0.205 e. The fourth-order valence-corrected chi connectivity index (χ4v) is 2.95. The van der Waals surface area contributed by atoms with E-state index in [1.54, 1.807) is 6.07 Å². The Balaban J connectivity index is 2.20. The molecule has 0 spiro atoms. The van der Waals surface area contributed by atoms with Gasteiger partial charge in [0.05, 0.1) is 5.92 Å². The summed E-state index contributed by atoms with van der Waals surface area (Å²) >= 11 is 6.12. The van der Waals surface area contributed by atoms with E-state index in [4.69, 9.17) is 22.1 Å². The van der Waals surface area contributed by atoms with Crippen LogP contribution < -0.4 is 15.4 Å². The number of halogens is 1. The van der Waals surface area contributed by atoms with Crippen molar-refractivity contribution in [1.82, 2.24) is 0 Å². The van der Waals surface area contributed by atoms with E-state index in [9.17, 15) is 5.26 Å². The third-order valence-corrected chi connectivity index (χ3v) is 4.14. The lowest BCUT2D eigenvalue weighted by Gasteiger charge is -2.27. The maximum atomic E-state index is 9.52. The number of hydrogen-bond donors (Lipinski definition) is 1. The van der Waals surface area contributed by atoms with Crippen LogP contribution in [-0.4, -0.2) is 14.1 Å². The Labute approximate surface area is 140 Å². The van der Waals surface area contributed by atoms with E-state index >= 15 is 0 Å². The molecule has 0 saturated heterocycles. The first-order chi connectivity index (χ1) is 11.0. The van der Waals surface area contributed by atoms with Crippen LogP contribution in [0.15, 0.2) is 53.9 Å². The summed E-state index contributed by atoms with van der Waals surface area (Å²) in [7, 11) is 3.91. The standard InChI is InChI=1S/C18H16ClN3O/c1-22(2)13-6-7-14-16(9-13)23-18(21)15(10-20)17(14)11-4-3-5-12(19)8-11/h3-9,17H,21H2,1-2H3. The zero-order valence-electron chi connectivity index (χ0n) is 12.9. The molecule has 0 radical (unpaired) electrons. The molecule has 0 saturated carbocycles. The van der Waals surface area contributed by atoms with Crippen molar-refractivity contribution in [3.8, 4) is 11.8 Å². The van der Waals surface area contributed by atoms with Crippen molar-refractivity contribution in [2.45, 2.75) is 5.92 Å². The molecule has 1 unspecified atom stereocenters. The largest absolute Gasteiger partial charge is 0.440 e. The number of nitrogens with two attached hydrogens (primary N) is 1. The molecule has 2 aromatic rings. The average Bonchev–Trinajstić information content (AvgIpc) is 2.52. The van der Waals surface area contributed by atoms with E-state index in [0.29, 0.717) is 16.3 Å². The van der Waals surface area contributed by atoms with Crippen LogP contribution in [0.5, 0.6) is 5.75 Å². The van der Waals surface area contributed by atoms with Crippen molar-refractivity contribution in [2.24, 2.45) is 5.73 Å². The number of fused-ring (bicyclic) bond motifs is 1. The number of anilines is 1. The van der Waals surface area contributed by atoms with Crippen molar-refractivity contribution >= 4 is 17.3 Å². The van der Waals surface area contributed by atoms with Crippen molar-refractivity contribution in [1.29, 1.82) is 5.26 Å². The molecule has 1 aliphatic rings. The average molecular weight is 326 g/mol. The second kappa shape index (κ2) is 5.86. The van der Waals surface area contributed by atoms with Gasteiger partial charge in [0.2, 0.25) is 5.88 Å². The Morgan fingerprint density at radius 1 is 1.22 bits per heavy atom. The van der Waals surface area contributed by atoms with E-state index in [0.717, 1.165) is 16.8 Å². The lowest BCUT2D eigenvalue weighted by atomic mass is 9.83. The monoisotopic (exact) mass is 325 g/mol. The van der Waals surface area contributed by atoms with Crippen LogP contribution in [0, 0.1) is 11.3 Å². The van der Waals surface area contributed by atoms with Gasteiger partial charge in [-0.1, -0.05) is 29.8 Å². The summed E-state index contributed by atoms with van der Waals surface area (Å²) in [6, 6.07) is 15.5. The Kier molecular flexibility index (Phi) is 3.89. The number of nitriles is 1. The molecule has 2 N–H and O–H groups in total. The van der Waals surface area contributed by atoms with Crippen LogP contribution >= 0.6 is 11.6 Å². The SMILES string of the molecule is CN(C)c1ccc2c(c1)OC(N)=C(C#N)C2c1cccc(Cl)c1. The van der Waals surface area contributed by atoms with Gasteiger partial charge in [0.1, 0.15) is 17.4 Å². The lowest BCUT2D eigenvalue weighted by Crippen LogP contribution is -2.21. The van der Waals surface area contributed by atoms with Crippen LogP contribution in [0.25, 0.3) is 0 Å². The van der Waals surface area contributed by atoms with Gasteiger partial charge in [-0.25, -0.2) is 0 Å². The van der Waals surface area contributed by atoms with Crippen LogP contribution in [0.1, 0.15) is 17.0 Å². The van der Waals surface area contributed by atoms with Gasteiger partial charge >= 0.3 is 0 Å². The Bertz CT molecular complexity index is 836. The van der Waals surface area contributed by atoms with Crippen LogP contribution in [0.3, 0.4) is 0 Å². The van der Waals surface area contributed by atoms with Crippen molar-refractivity contribution in [3.05, 3.63) is 70.1 Å². The predicted molar refractivity (Wildman–Crippen MR) is 91.5 cm³/mol.